The van der Waals surface area contributed by atoms with Gasteiger partial charge in [0.1, 0.15) is 24.2 Å². The van der Waals surface area contributed by atoms with Crippen LogP contribution in [0, 0.1) is 6.92 Å². The Hall–Kier alpha value is -2.26. The Morgan fingerprint density at radius 3 is 2.76 bits per heavy atom. The number of carbonyl (C=O) groups is 1. The smallest absolute Gasteiger partial charge is 0.432 e. The molecule has 1 aromatic heterocycles. The number of carbonyl (C=O) groups excluding carboxylic acids is 1. The van der Waals surface area contributed by atoms with Crippen LogP contribution in [0.25, 0.3) is 0 Å². The molecule has 2 rings (SSSR count). The summed E-state index contributed by atoms with van der Waals surface area (Å²) in [5, 5.41) is 17.7. The third-order valence-corrected chi connectivity index (χ3v) is 3.61. The number of benzene rings is 1. The van der Waals surface area contributed by atoms with Crippen LogP contribution in [-0.4, -0.2) is 40.5 Å². The van der Waals surface area contributed by atoms with Crippen LogP contribution in [0.2, 0.25) is 5.02 Å². The maximum absolute atomic E-state index is 12.4. The number of aliphatic hydroxyl groups is 1. The summed E-state index contributed by atoms with van der Waals surface area (Å²) in [5.41, 5.74) is -0.741. The molecule has 0 saturated carbocycles. The zero-order valence-corrected chi connectivity index (χ0v) is 13.8. The van der Waals surface area contributed by atoms with Gasteiger partial charge in [0, 0.05) is 17.6 Å². The van der Waals surface area contributed by atoms with Crippen molar-refractivity contribution in [3.8, 4) is 5.75 Å². The number of nitrogens with one attached hydrogen (secondary N) is 2. The number of nitrogens with zero attached hydrogens (tertiary/aromatic N) is 1. The molecule has 0 radical (unpaired) electrons. The molecule has 136 valence electrons. The van der Waals surface area contributed by atoms with E-state index in [9.17, 15) is 23.1 Å². The highest BCUT2D eigenvalue weighted by Gasteiger charge is 2.33. The van der Waals surface area contributed by atoms with Crippen molar-refractivity contribution in [1.29, 1.82) is 0 Å². The number of hydrogen-bond donors (Lipinski definition) is 3. The molecule has 0 fully saturated rings. The number of halogens is 4. The van der Waals surface area contributed by atoms with Gasteiger partial charge in [0.2, 0.25) is 0 Å². The van der Waals surface area contributed by atoms with Gasteiger partial charge >= 0.3 is 6.18 Å². The summed E-state index contributed by atoms with van der Waals surface area (Å²) in [6, 6.07) is 5.56. The van der Waals surface area contributed by atoms with E-state index in [-0.39, 0.29) is 13.2 Å². The quantitative estimate of drug-likeness (QED) is 0.722. The normalized spacial score (nSPS) is 12.7. The topological polar surface area (TPSA) is 87.2 Å². The third kappa shape index (κ3) is 5.36. The fourth-order valence-corrected chi connectivity index (χ4v) is 1.96. The zero-order valence-electron chi connectivity index (χ0n) is 13.0. The minimum atomic E-state index is -4.62. The van der Waals surface area contributed by atoms with Gasteiger partial charge in [0.05, 0.1) is 0 Å². The highest BCUT2D eigenvalue weighted by molar-refractivity contribution is 6.31. The van der Waals surface area contributed by atoms with E-state index < -0.39 is 29.6 Å². The molecule has 1 heterocycles. The number of hydrogen-bond acceptors (Lipinski definition) is 4. The van der Waals surface area contributed by atoms with Gasteiger partial charge in [-0.05, 0) is 30.7 Å². The lowest BCUT2D eigenvalue weighted by atomic mass is 10.2. The summed E-state index contributed by atoms with van der Waals surface area (Å²) in [6.45, 7) is 1.47. The molecule has 0 unspecified atom stereocenters. The number of rotatable bonds is 6. The third-order valence-electron chi connectivity index (χ3n) is 3.19. The van der Waals surface area contributed by atoms with Crippen molar-refractivity contribution in [2.45, 2.75) is 19.2 Å². The predicted octanol–water partition coefficient (Wildman–Crippen LogP) is 2.56. The van der Waals surface area contributed by atoms with Gasteiger partial charge in [-0.25, -0.2) is 0 Å². The molecule has 25 heavy (non-hydrogen) atoms. The van der Waals surface area contributed by atoms with Crippen molar-refractivity contribution in [3.63, 3.8) is 0 Å². The number of aromatic amines is 1. The highest BCUT2D eigenvalue weighted by Crippen LogP contribution is 2.27. The second-order valence-corrected chi connectivity index (χ2v) is 5.66. The van der Waals surface area contributed by atoms with Crippen molar-refractivity contribution in [3.05, 3.63) is 46.2 Å². The van der Waals surface area contributed by atoms with Crippen LogP contribution in [0.3, 0.4) is 0 Å². The molecule has 0 aliphatic carbocycles. The number of aryl methyl sites for hydroxylation is 1. The molecule has 0 saturated heterocycles. The van der Waals surface area contributed by atoms with E-state index in [1.165, 1.54) is 0 Å². The standard InChI is InChI=1S/C15H15ClF3N3O3/c1-8-4-10(2-3-11(8)16)25-7-9(23)6-20-14(24)12-5-13(22-21-12)15(17,18)19/h2-5,9,23H,6-7H2,1H3,(H,20,24)(H,21,22)/t9-/m0/s1. The average molecular weight is 378 g/mol. The first-order chi connectivity index (χ1) is 11.7. The molecule has 10 heteroatoms. The Balaban J connectivity index is 1.81. The molecule has 1 aromatic carbocycles. The van der Waals surface area contributed by atoms with Gasteiger partial charge in [-0.1, -0.05) is 11.6 Å². The molecule has 2 aromatic rings. The molecule has 3 N–H and O–H groups in total. The van der Waals surface area contributed by atoms with Crippen molar-refractivity contribution in [1.82, 2.24) is 15.5 Å². The first-order valence-electron chi connectivity index (χ1n) is 7.14. The van der Waals surface area contributed by atoms with E-state index >= 15 is 0 Å². The molecular formula is C15H15ClF3N3O3. The maximum Gasteiger partial charge on any atom is 0.432 e. The maximum atomic E-state index is 12.4. The molecule has 0 spiro atoms. The fourth-order valence-electron chi connectivity index (χ4n) is 1.84. The number of H-pyrrole nitrogens is 1. The first-order valence-corrected chi connectivity index (χ1v) is 7.52. The van der Waals surface area contributed by atoms with Crippen molar-refractivity contribution < 1.29 is 27.8 Å². The van der Waals surface area contributed by atoms with E-state index in [1.807, 2.05) is 0 Å². The Labute approximate surface area is 145 Å². The van der Waals surface area contributed by atoms with Gasteiger partial charge in [0.15, 0.2) is 5.69 Å². The highest BCUT2D eigenvalue weighted by atomic mass is 35.5. The zero-order chi connectivity index (χ0) is 18.6. The number of aliphatic hydroxyl groups excluding tert-OH is 1. The van der Waals surface area contributed by atoms with E-state index in [1.54, 1.807) is 30.2 Å². The molecular weight excluding hydrogens is 363 g/mol. The summed E-state index contributed by atoms with van der Waals surface area (Å²) < 4.78 is 42.6. The molecule has 6 nitrogen and oxygen atoms in total. The SMILES string of the molecule is Cc1cc(OC[C@@H](O)CNC(=O)c2cc(C(F)(F)F)[nH]n2)ccc1Cl. The molecule has 0 bridgehead atoms. The van der Waals surface area contributed by atoms with Crippen LogP contribution >= 0.6 is 11.6 Å². The largest absolute Gasteiger partial charge is 0.491 e. The Bertz CT molecular complexity index is 749. The Kier molecular flexibility index (Phi) is 5.91. The van der Waals surface area contributed by atoms with Crippen molar-refractivity contribution in [2.24, 2.45) is 0 Å². The van der Waals surface area contributed by atoms with Crippen molar-refractivity contribution >= 4 is 17.5 Å². The second kappa shape index (κ2) is 7.75. The summed E-state index contributed by atoms with van der Waals surface area (Å²) in [4.78, 5) is 11.7. The van der Waals surface area contributed by atoms with Crippen LogP contribution in [0.4, 0.5) is 13.2 Å². The lowest BCUT2D eigenvalue weighted by molar-refractivity contribution is -0.141. The van der Waals surface area contributed by atoms with Gasteiger partial charge in [-0.3, -0.25) is 9.89 Å². The van der Waals surface area contributed by atoms with E-state index in [0.29, 0.717) is 16.8 Å². The van der Waals surface area contributed by atoms with Crippen molar-refractivity contribution in [2.75, 3.05) is 13.2 Å². The molecule has 1 atom stereocenters. The van der Waals surface area contributed by atoms with E-state index in [4.69, 9.17) is 16.3 Å². The van der Waals surface area contributed by atoms with Crippen LogP contribution in [0.15, 0.2) is 24.3 Å². The summed E-state index contributed by atoms with van der Waals surface area (Å²) >= 11 is 5.88. The van der Waals surface area contributed by atoms with Gasteiger partial charge in [-0.2, -0.15) is 18.3 Å². The van der Waals surface area contributed by atoms with Gasteiger partial charge in [0.25, 0.3) is 5.91 Å². The fraction of sp³-hybridized carbons (Fsp3) is 0.333. The van der Waals surface area contributed by atoms with E-state index in [2.05, 4.69) is 10.4 Å². The van der Waals surface area contributed by atoms with Crippen LogP contribution < -0.4 is 10.1 Å². The van der Waals surface area contributed by atoms with Gasteiger partial charge in [-0.15, -0.1) is 0 Å². The van der Waals surface area contributed by atoms with E-state index in [0.717, 1.165) is 5.56 Å². The number of amides is 1. The second-order valence-electron chi connectivity index (χ2n) is 5.25. The van der Waals surface area contributed by atoms with Crippen LogP contribution in [-0.2, 0) is 6.18 Å². The molecule has 0 aliphatic rings. The van der Waals surface area contributed by atoms with Crippen LogP contribution in [0.1, 0.15) is 21.7 Å². The van der Waals surface area contributed by atoms with Crippen LogP contribution in [0.5, 0.6) is 5.75 Å². The summed E-state index contributed by atoms with van der Waals surface area (Å²) in [7, 11) is 0. The number of aromatic nitrogens is 2. The van der Waals surface area contributed by atoms with Gasteiger partial charge < -0.3 is 15.2 Å². The predicted molar refractivity (Wildman–Crippen MR) is 83.6 cm³/mol. The number of ether oxygens (including phenoxy) is 1. The Morgan fingerprint density at radius 2 is 2.16 bits per heavy atom. The molecule has 0 aliphatic heterocycles. The lowest BCUT2D eigenvalue weighted by Gasteiger charge is -2.13. The lowest BCUT2D eigenvalue weighted by Crippen LogP contribution is -2.35. The minimum Gasteiger partial charge on any atom is -0.491 e. The molecule has 1 amide bonds. The summed E-state index contributed by atoms with van der Waals surface area (Å²) in [5.74, 6) is -0.345. The average Bonchev–Trinajstić information content (AvgIpc) is 3.04. The Morgan fingerprint density at radius 1 is 1.44 bits per heavy atom. The summed E-state index contributed by atoms with van der Waals surface area (Å²) in [6.07, 6.45) is -5.67. The monoisotopic (exact) mass is 377 g/mol. The number of alkyl halides is 3. The first kappa shape index (κ1) is 19.1. The minimum absolute atomic E-state index is 0.115.